The molecule has 8 heteroatoms. The van der Waals surface area contributed by atoms with Gasteiger partial charge in [-0.1, -0.05) is 36.4 Å². The van der Waals surface area contributed by atoms with Crippen molar-refractivity contribution < 1.29 is 18.9 Å². The number of carbonyl (C=O) groups is 2. The van der Waals surface area contributed by atoms with Gasteiger partial charge in [-0.25, -0.2) is 4.39 Å². The number of hydrogen-bond acceptors (Lipinski definition) is 4. The van der Waals surface area contributed by atoms with Crippen molar-refractivity contribution in [2.45, 2.75) is 13.0 Å². The number of carbonyl (C=O) groups excluding carboxylic acids is 2. The summed E-state index contributed by atoms with van der Waals surface area (Å²) in [4.78, 5) is 38.3. The number of benzene rings is 3. The number of nitro benzene ring substituents is 1. The molecular weight excluding hydrogens is 401 g/mol. The molecule has 0 radical (unpaired) electrons. The van der Waals surface area contributed by atoms with E-state index in [1.807, 2.05) is 6.07 Å². The van der Waals surface area contributed by atoms with Crippen LogP contribution >= 0.6 is 0 Å². The molecule has 2 amide bonds. The summed E-state index contributed by atoms with van der Waals surface area (Å²) in [6.45, 7) is 1.20. The molecule has 1 N–H and O–H groups in total. The number of rotatable bonds is 3. The zero-order valence-electron chi connectivity index (χ0n) is 16.5. The summed E-state index contributed by atoms with van der Waals surface area (Å²) in [5.74, 6) is -1.50. The Balaban J connectivity index is 1.91. The predicted molar refractivity (Wildman–Crippen MR) is 112 cm³/mol. The normalized spacial score (nSPS) is 15.6. The molecule has 4 rings (SSSR count). The molecule has 0 saturated carbocycles. The third-order valence-corrected chi connectivity index (χ3v) is 5.32. The van der Waals surface area contributed by atoms with Gasteiger partial charge in [0.05, 0.1) is 11.0 Å². The molecular formula is C23H18FN3O4. The first-order valence-corrected chi connectivity index (χ1v) is 9.56. The molecule has 1 aliphatic heterocycles. The lowest BCUT2D eigenvalue weighted by Gasteiger charge is -2.31. The summed E-state index contributed by atoms with van der Waals surface area (Å²) < 4.78 is 14.2. The molecule has 156 valence electrons. The minimum absolute atomic E-state index is 0.114. The average Bonchev–Trinajstić information content (AvgIpc) is 2.89. The zero-order chi connectivity index (χ0) is 22.1. The van der Waals surface area contributed by atoms with Crippen LogP contribution in [0, 0.1) is 22.9 Å². The average molecular weight is 419 g/mol. The van der Waals surface area contributed by atoms with Crippen LogP contribution in [0.2, 0.25) is 0 Å². The summed E-state index contributed by atoms with van der Waals surface area (Å²) in [6, 6.07) is 16.4. The third kappa shape index (κ3) is 3.75. The van der Waals surface area contributed by atoms with Gasteiger partial charge in [0.25, 0.3) is 11.6 Å². The summed E-state index contributed by atoms with van der Waals surface area (Å²) in [5.41, 5.74) is 1.64. The molecule has 0 bridgehead atoms. The van der Waals surface area contributed by atoms with Crippen molar-refractivity contribution in [3.63, 3.8) is 0 Å². The first kappa shape index (κ1) is 20.2. The van der Waals surface area contributed by atoms with E-state index < -0.39 is 28.6 Å². The van der Waals surface area contributed by atoms with Crippen LogP contribution in [0.3, 0.4) is 0 Å². The molecule has 31 heavy (non-hydrogen) atoms. The van der Waals surface area contributed by atoms with E-state index in [0.717, 1.165) is 0 Å². The van der Waals surface area contributed by atoms with Gasteiger partial charge in [0.1, 0.15) is 12.4 Å². The van der Waals surface area contributed by atoms with Crippen LogP contribution in [0.5, 0.6) is 0 Å². The van der Waals surface area contributed by atoms with Crippen molar-refractivity contribution in [1.82, 2.24) is 4.90 Å². The molecule has 1 aliphatic rings. The van der Waals surface area contributed by atoms with Gasteiger partial charge in [0, 0.05) is 28.4 Å². The van der Waals surface area contributed by atoms with Crippen molar-refractivity contribution in [3.8, 4) is 0 Å². The molecule has 0 unspecified atom stereocenters. The Morgan fingerprint density at radius 1 is 1.13 bits per heavy atom. The number of nitrogens with zero attached hydrogens (tertiary/aromatic N) is 2. The number of halogens is 1. The van der Waals surface area contributed by atoms with E-state index in [0.29, 0.717) is 16.8 Å². The van der Waals surface area contributed by atoms with Gasteiger partial charge in [-0.3, -0.25) is 19.7 Å². The van der Waals surface area contributed by atoms with Crippen molar-refractivity contribution >= 4 is 23.2 Å². The molecule has 1 atom stereocenters. The lowest BCUT2D eigenvalue weighted by molar-refractivity contribution is -0.385. The maximum atomic E-state index is 14.2. The van der Waals surface area contributed by atoms with Crippen molar-refractivity contribution in [1.29, 1.82) is 0 Å². The smallest absolute Gasteiger partial charge is 0.273 e. The van der Waals surface area contributed by atoms with E-state index >= 15 is 0 Å². The SMILES string of the molecule is Cc1c(C(=O)N2CC(=O)Nc3ccc(F)cc3[C@@H]2c2ccccc2)cccc1[N+](=O)[O-]. The first-order chi connectivity index (χ1) is 14.9. The number of anilines is 1. The van der Waals surface area contributed by atoms with Crippen LogP contribution in [0.25, 0.3) is 0 Å². The Labute approximate surface area is 177 Å². The van der Waals surface area contributed by atoms with Crippen LogP contribution in [0.15, 0.2) is 66.7 Å². The highest BCUT2D eigenvalue weighted by Gasteiger charge is 2.35. The number of hydrogen-bond donors (Lipinski definition) is 1. The topological polar surface area (TPSA) is 92.6 Å². The molecule has 3 aromatic carbocycles. The number of fused-ring (bicyclic) bond motifs is 1. The summed E-state index contributed by atoms with van der Waals surface area (Å²) in [7, 11) is 0. The number of amides is 2. The highest BCUT2D eigenvalue weighted by Crippen LogP contribution is 2.37. The Morgan fingerprint density at radius 2 is 1.87 bits per heavy atom. The Morgan fingerprint density at radius 3 is 2.58 bits per heavy atom. The molecule has 0 spiro atoms. The first-order valence-electron chi connectivity index (χ1n) is 9.56. The van der Waals surface area contributed by atoms with E-state index in [2.05, 4.69) is 5.32 Å². The second-order valence-corrected chi connectivity index (χ2v) is 7.23. The van der Waals surface area contributed by atoms with E-state index in [-0.39, 0.29) is 23.4 Å². The van der Waals surface area contributed by atoms with Crippen molar-refractivity contribution in [3.05, 3.63) is 105 Å². The molecule has 0 aliphatic carbocycles. The van der Waals surface area contributed by atoms with Gasteiger partial charge in [-0.05, 0) is 36.8 Å². The largest absolute Gasteiger partial charge is 0.324 e. The molecule has 0 saturated heterocycles. The highest BCUT2D eigenvalue weighted by molar-refractivity contribution is 6.02. The molecule has 7 nitrogen and oxygen atoms in total. The van der Waals surface area contributed by atoms with Gasteiger partial charge >= 0.3 is 0 Å². The molecule has 3 aromatic rings. The van der Waals surface area contributed by atoms with Crippen LogP contribution in [-0.4, -0.2) is 28.2 Å². The van der Waals surface area contributed by atoms with Crippen LogP contribution in [-0.2, 0) is 4.79 Å². The maximum absolute atomic E-state index is 14.2. The minimum atomic E-state index is -0.767. The second-order valence-electron chi connectivity index (χ2n) is 7.23. The van der Waals surface area contributed by atoms with Crippen LogP contribution in [0.1, 0.15) is 33.1 Å². The van der Waals surface area contributed by atoms with Gasteiger partial charge in [0.2, 0.25) is 5.91 Å². The summed E-state index contributed by atoms with van der Waals surface area (Å²) in [5, 5.41) is 14.1. The lowest BCUT2D eigenvalue weighted by Crippen LogP contribution is -2.39. The minimum Gasteiger partial charge on any atom is -0.324 e. The molecule has 0 fully saturated rings. The van der Waals surface area contributed by atoms with Crippen LogP contribution < -0.4 is 5.32 Å². The van der Waals surface area contributed by atoms with Gasteiger partial charge in [-0.15, -0.1) is 0 Å². The highest BCUT2D eigenvalue weighted by atomic mass is 19.1. The Kier molecular flexibility index (Phi) is 5.21. The van der Waals surface area contributed by atoms with E-state index in [4.69, 9.17) is 0 Å². The Hall–Kier alpha value is -4.07. The summed E-state index contributed by atoms with van der Waals surface area (Å²) in [6.07, 6.45) is 0. The van der Waals surface area contributed by atoms with E-state index in [1.54, 1.807) is 24.3 Å². The fourth-order valence-electron chi connectivity index (χ4n) is 3.87. The number of nitro groups is 1. The van der Waals surface area contributed by atoms with E-state index in [1.165, 1.54) is 48.2 Å². The fraction of sp³-hybridized carbons (Fsp3) is 0.130. The summed E-state index contributed by atoms with van der Waals surface area (Å²) >= 11 is 0. The zero-order valence-corrected chi connectivity index (χ0v) is 16.5. The standard InChI is InChI=1S/C23H18FN3O4/c1-14-17(8-5-9-20(14)27(30)31)23(29)26-13-21(28)25-19-11-10-16(24)12-18(19)22(26)15-6-3-2-4-7-15/h2-12,22H,13H2,1H3,(H,25,28)/t22-/m0/s1. The second kappa shape index (κ2) is 7.98. The quantitative estimate of drug-likeness (QED) is 0.508. The third-order valence-electron chi connectivity index (χ3n) is 5.32. The van der Waals surface area contributed by atoms with Crippen molar-refractivity contribution in [2.24, 2.45) is 0 Å². The molecule has 1 heterocycles. The fourth-order valence-corrected chi connectivity index (χ4v) is 3.87. The molecule has 0 aromatic heterocycles. The lowest BCUT2D eigenvalue weighted by atomic mass is 9.94. The van der Waals surface area contributed by atoms with Gasteiger partial charge in [-0.2, -0.15) is 0 Å². The predicted octanol–water partition coefficient (Wildman–Crippen LogP) is 4.23. The van der Waals surface area contributed by atoms with Gasteiger partial charge in [0.15, 0.2) is 0 Å². The monoisotopic (exact) mass is 419 g/mol. The van der Waals surface area contributed by atoms with Crippen LogP contribution in [0.4, 0.5) is 15.8 Å². The van der Waals surface area contributed by atoms with Gasteiger partial charge < -0.3 is 10.2 Å². The Bertz CT molecular complexity index is 1200. The maximum Gasteiger partial charge on any atom is 0.273 e. The number of nitrogens with one attached hydrogen (secondary N) is 1. The van der Waals surface area contributed by atoms with E-state index in [9.17, 15) is 24.1 Å². The van der Waals surface area contributed by atoms with Crippen molar-refractivity contribution in [2.75, 3.05) is 11.9 Å².